The molecule has 0 saturated carbocycles. The molecule has 0 radical (unpaired) electrons. The van der Waals surface area contributed by atoms with Crippen LogP contribution in [0.2, 0.25) is 0 Å². The highest BCUT2D eigenvalue weighted by molar-refractivity contribution is 6.55. The molecule has 3 aliphatic rings. The summed E-state index contributed by atoms with van der Waals surface area (Å²) in [7, 11) is -0.192. The first-order valence-corrected chi connectivity index (χ1v) is 7.39. The predicted octanol–water partition coefficient (Wildman–Crippen LogP) is 2.12. The van der Waals surface area contributed by atoms with Crippen molar-refractivity contribution < 1.29 is 9.31 Å². The average Bonchev–Trinajstić information content (AvgIpc) is 2.77. The summed E-state index contributed by atoms with van der Waals surface area (Å²) in [6.07, 6.45) is 2.39. The van der Waals surface area contributed by atoms with Crippen LogP contribution >= 0.6 is 0 Å². The van der Waals surface area contributed by atoms with Gasteiger partial charge in [-0.3, -0.25) is 0 Å². The fourth-order valence-corrected chi connectivity index (χ4v) is 2.99. The van der Waals surface area contributed by atoms with Crippen molar-refractivity contribution >= 4 is 7.12 Å². The maximum atomic E-state index is 6.19. The summed E-state index contributed by atoms with van der Waals surface area (Å²) in [5, 5.41) is 2.29. The van der Waals surface area contributed by atoms with Crippen molar-refractivity contribution in [2.24, 2.45) is 5.92 Å². The smallest absolute Gasteiger partial charge is 0.399 e. The largest absolute Gasteiger partial charge is 0.493 e. The second kappa shape index (κ2) is 4.24. The molecule has 0 aromatic rings. The highest BCUT2D eigenvalue weighted by Crippen LogP contribution is 2.41. The molecule has 0 amide bonds. The quantitative estimate of drug-likeness (QED) is 0.735. The van der Waals surface area contributed by atoms with Gasteiger partial charge in [-0.25, -0.2) is 5.43 Å². The normalized spacial score (nSPS) is 33.0. The van der Waals surface area contributed by atoms with E-state index in [2.05, 4.69) is 45.1 Å². The first kappa shape index (κ1) is 13.5. The molecule has 1 N–H and O–H groups in total. The van der Waals surface area contributed by atoms with E-state index in [-0.39, 0.29) is 18.3 Å². The van der Waals surface area contributed by atoms with Gasteiger partial charge in [0, 0.05) is 18.8 Å². The summed E-state index contributed by atoms with van der Waals surface area (Å²) in [5.41, 5.74) is 5.65. The average molecular weight is 264 g/mol. The number of nitrogens with one attached hydrogen (secondary N) is 1. The molecule has 2 fully saturated rings. The molecule has 3 heterocycles. The number of rotatable bonds is 1. The molecule has 3 aliphatic heterocycles. The number of hydrogen-bond acceptors (Lipinski definition) is 4. The van der Waals surface area contributed by atoms with Gasteiger partial charge in [0.05, 0.1) is 11.2 Å². The van der Waals surface area contributed by atoms with Crippen molar-refractivity contribution in [1.82, 2.24) is 10.4 Å². The summed E-state index contributed by atoms with van der Waals surface area (Å²) in [5.74, 6) is 0.753. The van der Waals surface area contributed by atoms with Crippen LogP contribution in [0.3, 0.4) is 0 Å². The molecule has 2 saturated heterocycles. The van der Waals surface area contributed by atoms with Crippen molar-refractivity contribution in [3.8, 4) is 0 Å². The van der Waals surface area contributed by atoms with Gasteiger partial charge >= 0.3 is 7.12 Å². The van der Waals surface area contributed by atoms with Crippen molar-refractivity contribution in [1.29, 1.82) is 0 Å². The number of hydrogen-bond donors (Lipinski definition) is 1. The zero-order valence-electron chi connectivity index (χ0n) is 12.7. The lowest BCUT2D eigenvalue weighted by atomic mass is 9.75. The topological polar surface area (TPSA) is 33.7 Å². The molecule has 0 aliphatic carbocycles. The van der Waals surface area contributed by atoms with Crippen LogP contribution < -0.4 is 5.43 Å². The van der Waals surface area contributed by atoms with Crippen molar-refractivity contribution in [2.45, 2.75) is 58.7 Å². The highest BCUT2D eigenvalue weighted by atomic mass is 16.7. The van der Waals surface area contributed by atoms with Gasteiger partial charge in [0.2, 0.25) is 0 Å². The molecule has 0 aromatic heterocycles. The molecule has 4 nitrogen and oxygen atoms in total. The van der Waals surface area contributed by atoms with E-state index in [1.54, 1.807) is 0 Å². The fourth-order valence-electron chi connectivity index (χ4n) is 2.99. The number of nitrogens with zero attached hydrogens (tertiary/aromatic N) is 1. The van der Waals surface area contributed by atoms with Gasteiger partial charge in [0.15, 0.2) is 0 Å². The second-order valence-electron chi connectivity index (χ2n) is 7.14. The first-order valence-electron chi connectivity index (χ1n) is 7.39. The third-order valence-corrected chi connectivity index (χ3v) is 5.08. The molecule has 1 atom stereocenters. The number of fused-ring (bicyclic) bond motifs is 1. The van der Waals surface area contributed by atoms with Gasteiger partial charge < -0.3 is 14.3 Å². The van der Waals surface area contributed by atoms with E-state index < -0.39 is 0 Å². The van der Waals surface area contributed by atoms with Crippen LogP contribution in [0.1, 0.15) is 47.5 Å². The minimum Gasteiger partial charge on any atom is -0.399 e. The van der Waals surface area contributed by atoms with Crippen molar-refractivity contribution in [2.75, 3.05) is 13.1 Å². The van der Waals surface area contributed by atoms with E-state index in [0.717, 1.165) is 25.4 Å². The Labute approximate surface area is 116 Å². The molecule has 0 spiro atoms. The van der Waals surface area contributed by atoms with E-state index in [1.165, 1.54) is 17.6 Å². The molecule has 19 heavy (non-hydrogen) atoms. The van der Waals surface area contributed by atoms with E-state index in [4.69, 9.17) is 9.31 Å². The summed E-state index contributed by atoms with van der Waals surface area (Å²) in [6, 6.07) is 0. The lowest BCUT2D eigenvalue weighted by molar-refractivity contribution is 0.00578. The van der Waals surface area contributed by atoms with Gasteiger partial charge in [-0.15, -0.1) is 0 Å². The molecular formula is C14H25BN2O2. The number of piperidine rings is 1. The van der Waals surface area contributed by atoms with Crippen LogP contribution in [0, 0.1) is 5.92 Å². The molecule has 5 heteroatoms. The summed E-state index contributed by atoms with van der Waals surface area (Å²) in [4.78, 5) is 0. The van der Waals surface area contributed by atoms with Crippen LogP contribution in [-0.4, -0.2) is 36.4 Å². The number of hydrazine groups is 1. The first-order chi connectivity index (χ1) is 8.80. The van der Waals surface area contributed by atoms with Crippen molar-refractivity contribution in [3.05, 3.63) is 11.2 Å². The minimum absolute atomic E-state index is 0.192. The lowest BCUT2D eigenvalue weighted by Gasteiger charge is -2.32. The fraction of sp³-hybridized carbons (Fsp3) is 0.857. The molecular weight excluding hydrogens is 239 g/mol. The van der Waals surface area contributed by atoms with E-state index in [9.17, 15) is 0 Å². The summed E-state index contributed by atoms with van der Waals surface area (Å²) < 4.78 is 12.4. The van der Waals surface area contributed by atoms with Crippen LogP contribution in [0.5, 0.6) is 0 Å². The molecule has 3 rings (SSSR count). The van der Waals surface area contributed by atoms with Crippen molar-refractivity contribution in [3.63, 3.8) is 0 Å². The van der Waals surface area contributed by atoms with E-state index in [0.29, 0.717) is 0 Å². The monoisotopic (exact) mass is 264 g/mol. The molecule has 1 unspecified atom stereocenters. The maximum absolute atomic E-state index is 6.19. The van der Waals surface area contributed by atoms with E-state index in [1.807, 2.05) is 0 Å². The molecule has 0 bridgehead atoms. The minimum atomic E-state index is -0.251. The van der Waals surface area contributed by atoms with Gasteiger partial charge in [0.1, 0.15) is 0 Å². The Hall–Kier alpha value is -0.515. The molecule has 106 valence electrons. The van der Waals surface area contributed by atoms with Crippen LogP contribution in [-0.2, 0) is 9.31 Å². The van der Waals surface area contributed by atoms with Crippen LogP contribution in [0.4, 0.5) is 0 Å². The van der Waals surface area contributed by atoms with Crippen LogP contribution in [0.15, 0.2) is 11.2 Å². The Morgan fingerprint density at radius 2 is 1.84 bits per heavy atom. The van der Waals surface area contributed by atoms with Crippen LogP contribution in [0.25, 0.3) is 0 Å². The lowest BCUT2D eigenvalue weighted by Crippen LogP contribution is -2.41. The zero-order valence-corrected chi connectivity index (χ0v) is 12.7. The zero-order chi connectivity index (χ0) is 13.8. The summed E-state index contributed by atoms with van der Waals surface area (Å²) in [6.45, 7) is 12.7. The Kier molecular flexibility index (Phi) is 3.00. The standard InChI is InChI=1S/C14H25BN2O2/c1-10-6-7-17-12(8-10)11(9-16-17)15-18-13(2,3)14(4,5)19-15/h10,16H,6-9H2,1-5H3. The van der Waals surface area contributed by atoms with Gasteiger partial charge in [-0.05, 0) is 51.9 Å². The Bertz CT molecular complexity index is 404. The third-order valence-electron chi connectivity index (χ3n) is 5.08. The Morgan fingerprint density at radius 3 is 2.47 bits per heavy atom. The predicted molar refractivity (Wildman–Crippen MR) is 76.2 cm³/mol. The van der Waals surface area contributed by atoms with Gasteiger partial charge in [0.25, 0.3) is 0 Å². The van der Waals surface area contributed by atoms with Gasteiger partial charge in [-0.1, -0.05) is 6.92 Å². The SMILES string of the molecule is CC1CCN2NCC(B3OC(C)(C)C(C)(C)O3)=C2C1. The van der Waals surface area contributed by atoms with Gasteiger partial charge in [-0.2, -0.15) is 0 Å². The number of allylic oxidation sites excluding steroid dienone is 1. The van der Waals surface area contributed by atoms with E-state index >= 15 is 0 Å². The second-order valence-corrected chi connectivity index (χ2v) is 7.14. The highest BCUT2D eigenvalue weighted by Gasteiger charge is 2.53. The summed E-state index contributed by atoms with van der Waals surface area (Å²) >= 11 is 0. The maximum Gasteiger partial charge on any atom is 0.493 e. The Balaban J connectivity index is 1.85. The molecule has 0 aromatic carbocycles. The Morgan fingerprint density at radius 1 is 1.21 bits per heavy atom. The third kappa shape index (κ3) is 2.12.